The van der Waals surface area contributed by atoms with Crippen LogP contribution in [0.25, 0.3) is 0 Å². The molecule has 0 aliphatic heterocycles. The number of aliphatic hydroxyl groups excluding tert-OH is 2. The molecule has 4 N–H and O–H groups in total. The first-order valence-corrected chi connectivity index (χ1v) is 7.47. The molecule has 1 aromatic carbocycles. The second-order valence-corrected chi connectivity index (χ2v) is 5.22. The molecule has 0 bridgehead atoms. The molecule has 1 amide bonds. The molecule has 0 aliphatic carbocycles. The summed E-state index contributed by atoms with van der Waals surface area (Å²) in [6, 6.07) is 10.3. The van der Waals surface area contributed by atoms with Gasteiger partial charge in [-0.2, -0.15) is 0 Å². The number of nitrogens with one attached hydrogen (secondary N) is 1. The van der Waals surface area contributed by atoms with Gasteiger partial charge >= 0.3 is 12.1 Å². The van der Waals surface area contributed by atoms with Crippen LogP contribution in [-0.4, -0.2) is 45.0 Å². The van der Waals surface area contributed by atoms with E-state index in [4.69, 9.17) is 9.84 Å². The number of carboxylic acids is 1. The number of aliphatic hydroxyl groups is 2. The molecule has 8 heteroatoms. The topological polar surface area (TPSA) is 129 Å². The van der Waals surface area contributed by atoms with Gasteiger partial charge in [0.15, 0.2) is 0 Å². The van der Waals surface area contributed by atoms with Crippen LogP contribution < -0.4 is 5.32 Å². The summed E-state index contributed by atoms with van der Waals surface area (Å²) in [4.78, 5) is 26.5. The van der Waals surface area contributed by atoms with E-state index in [1.165, 1.54) is 12.3 Å². The first kappa shape index (κ1) is 18.4. The molecule has 0 aliphatic rings. The van der Waals surface area contributed by atoms with Crippen molar-refractivity contribution < 1.29 is 29.6 Å². The van der Waals surface area contributed by atoms with Gasteiger partial charge in [0.1, 0.15) is 18.8 Å². The monoisotopic (exact) mass is 346 g/mol. The van der Waals surface area contributed by atoms with E-state index in [2.05, 4.69) is 10.3 Å². The minimum absolute atomic E-state index is 0.0399. The fourth-order valence-corrected chi connectivity index (χ4v) is 2.12. The summed E-state index contributed by atoms with van der Waals surface area (Å²) >= 11 is 0. The Morgan fingerprint density at radius 3 is 2.56 bits per heavy atom. The normalized spacial score (nSPS) is 12.9. The van der Waals surface area contributed by atoms with Crippen molar-refractivity contribution in [3.8, 4) is 0 Å². The molecule has 25 heavy (non-hydrogen) atoms. The van der Waals surface area contributed by atoms with Crippen molar-refractivity contribution in [2.75, 3.05) is 6.54 Å². The van der Waals surface area contributed by atoms with Gasteiger partial charge < -0.3 is 25.4 Å². The average molecular weight is 346 g/mol. The van der Waals surface area contributed by atoms with E-state index < -0.39 is 24.3 Å². The number of aromatic nitrogens is 1. The predicted molar refractivity (Wildman–Crippen MR) is 86.8 cm³/mol. The van der Waals surface area contributed by atoms with E-state index >= 15 is 0 Å². The maximum absolute atomic E-state index is 11.6. The summed E-state index contributed by atoms with van der Waals surface area (Å²) in [5, 5.41) is 31.5. The highest BCUT2D eigenvalue weighted by molar-refractivity contribution is 5.89. The quantitative estimate of drug-likeness (QED) is 0.591. The van der Waals surface area contributed by atoms with Crippen molar-refractivity contribution in [2.24, 2.45) is 0 Å². The molecule has 0 radical (unpaired) electrons. The fraction of sp³-hybridized carbons (Fsp3) is 0.235. The number of benzene rings is 1. The summed E-state index contributed by atoms with van der Waals surface area (Å²) < 4.78 is 4.98. The first-order chi connectivity index (χ1) is 12.0. The smallest absolute Gasteiger partial charge is 0.407 e. The van der Waals surface area contributed by atoms with E-state index in [1.54, 1.807) is 12.1 Å². The van der Waals surface area contributed by atoms with E-state index in [1.807, 2.05) is 18.2 Å². The fourth-order valence-electron chi connectivity index (χ4n) is 2.12. The standard InChI is InChI=1S/C17H18N2O6/c20-14(15(21)13-8-18-7-6-12(13)16(22)23)9-19-17(24)25-10-11-4-2-1-3-5-11/h1-8,14-15,20-21H,9-10H2,(H,19,24)(H,22,23). The molecule has 1 aromatic heterocycles. The Kier molecular flexibility index (Phi) is 6.44. The number of nitrogens with zero attached hydrogens (tertiary/aromatic N) is 1. The lowest BCUT2D eigenvalue weighted by Gasteiger charge is -2.19. The molecule has 0 spiro atoms. The van der Waals surface area contributed by atoms with Gasteiger partial charge in [-0.25, -0.2) is 9.59 Å². The SMILES string of the molecule is O=C(NCC(O)C(O)c1cnccc1C(=O)O)OCc1ccccc1. The minimum Gasteiger partial charge on any atom is -0.478 e. The lowest BCUT2D eigenvalue weighted by atomic mass is 10.0. The van der Waals surface area contributed by atoms with Crippen molar-refractivity contribution in [3.63, 3.8) is 0 Å². The van der Waals surface area contributed by atoms with E-state index in [0.29, 0.717) is 0 Å². The zero-order valence-electron chi connectivity index (χ0n) is 13.2. The molecule has 2 aromatic rings. The average Bonchev–Trinajstić information content (AvgIpc) is 2.64. The summed E-state index contributed by atoms with van der Waals surface area (Å²) in [5.41, 5.74) is 0.592. The van der Waals surface area contributed by atoms with Crippen molar-refractivity contribution >= 4 is 12.1 Å². The number of carbonyl (C=O) groups excluding carboxylic acids is 1. The number of aromatic carboxylic acids is 1. The van der Waals surface area contributed by atoms with Crippen LogP contribution in [0.1, 0.15) is 27.6 Å². The maximum Gasteiger partial charge on any atom is 0.407 e. The summed E-state index contributed by atoms with van der Waals surface area (Å²) in [6.45, 7) is -0.250. The van der Waals surface area contributed by atoms with Gasteiger partial charge in [0.2, 0.25) is 0 Å². The molecule has 132 valence electrons. The van der Waals surface area contributed by atoms with Crippen LogP contribution in [0, 0.1) is 0 Å². The zero-order chi connectivity index (χ0) is 18.2. The minimum atomic E-state index is -1.52. The van der Waals surface area contributed by atoms with Gasteiger partial charge in [0.25, 0.3) is 0 Å². The van der Waals surface area contributed by atoms with Crippen LogP contribution in [0.5, 0.6) is 0 Å². The third-order valence-corrected chi connectivity index (χ3v) is 3.43. The number of pyridine rings is 1. The van der Waals surface area contributed by atoms with Gasteiger partial charge in [-0.05, 0) is 11.6 Å². The summed E-state index contributed by atoms with van der Waals surface area (Å²) in [5.74, 6) is -1.25. The number of alkyl carbamates (subject to hydrolysis) is 1. The number of rotatable bonds is 7. The molecule has 0 saturated heterocycles. The Hall–Kier alpha value is -2.97. The van der Waals surface area contributed by atoms with E-state index in [-0.39, 0.29) is 24.3 Å². The number of hydrogen-bond acceptors (Lipinski definition) is 6. The Morgan fingerprint density at radius 1 is 1.16 bits per heavy atom. The van der Waals surface area contributed by atoms with Crippen LogP contribution in [0.2, 0.25) is 0 Å². The first-order valence-electron chi connectivity index (χ1n) is 7.47. The van der Waals surface area contributed by atoms with Crippen LogP contribution >= 0.6 is 0 Å². The molecule has 8 nitrogen and oxygen atoms in total. The third kappa shape index (κ3) is 5.27. The van der Waals surface area contributed by atoms with Crippen LogP contribution in [0.3, 0.4) is 0 Å². The highest BCUT2D eigenvalue weighted by atomic mass is 16.5. The van der Waals surface area contributed by atoms with Crippen molar-refractivity contribution in [1.29, 1.82) is 0 Å². The molecule has 2 unspecified atom stereocenters. The number of carbonyl (C=O) groups is 2. The predicted octanol–water partition coefficient (Wildman–Crippen LogP) is 1.10. The molecule has 2 atom stereocenters. The largest absolute Gasteiger partial charge is 0.478 e. The number of amides is 1. The lowest BCUT2D eigenvalue weighted by Crippen LogP contribution is -2.36. The van der Waals surface area contributed by atoms with Gasteiger partial charge in [-0.15, -0.1) is 0 Å². The van der Waals surface area contributed by atoms with Gasteiger partial charge in [-0.3, -0.25) is 4.98 Å². The van der Waals surface area contributed by atoms with Gasteiger partial charge in [0.05, 0.1) is 5.56 Å². The van der Waals surface area contributed by atoms with Crippen LogP contribution in [-0.2, 0) is 11.3 Å². The Morgan fingerprint density at radius 2 is 1.88 bits per heavy atom. The maximum atomic E-state index is 11.6. The molecule has 2 rings (SSSR count). The second kappa shape index (κ2) is 8.76. The lowest BCUT2D eigenvalue weighted by molar-refractivity contribution is 0.0172. The summed E-state index contributed by atoms with van der Waals surface area (Å²) in [7, 11) is 0. The van der Waals surface area contributed by atoms with Crippen LogP contribution in [0.4, 0.5) is 4.79 Å². The van der Waals surface area contributed by atoms with Gasteiger partial charge in [0, 0.05) is 24.5 Å². The molecule has 0 fully saturated rings. The second-order valence-electron chi connectivity index (χ2n) is 5.22. The number of ether oxygens (including phenoxy) is 1. The van der Waals surface area contributed by atoms with Gasteiger partial charge in [-0.1, -0.05) is 30.3 Å². The molecule has 1 heterocycles. The number of carboxylic acid groups (broad SMARTS) is 1. The molecular weight excluding hydrogens is 328 g/mol. The Labute approximate surface area is 143 Å². The summed E-state index contributed by atoms with van der Waals surface area (Å²) in [6.07, 6.45) is -1.28. The van der Waals surface area contributed by atoms with Crippen molar-refractivity contribution in [1.82, 2.24) is 10.3 Å². The van der Waals surface area contributed by atoms with Crippen LogP contribution in [0.15, 0.2) is 48.8 Å². The Bertz CT molecular complexity index is 722. The van der Waals surface area contributed by atoms with E-state index in [0.717, 1.165) is 11.8 Å². The number of hydrogen-bond donors (Lipinski definition) is 4. The highest BCUT2D eigenvalue weighted by Gasteiger charge is 2.24. The van der Waals surface area contributed by atoms with Crippen molar-refractivity contribution in [3.05, 3.63) is 65.5 Å². The third-order valence-electron chi connectivity index (χ3n) is 3.43. The molecular formula is C17H18N2O6. The molecule has 0 saturated carbocycles. The zero-order valence-corrected chi connectivity index (χ0v) is 13.2. The highest BCUT2D eigenvalue weighted by Crippen LogP contribution is 2.20. The Balaban J connectivity index is 1.86. The van der Waals surface area contributed by atoms with E-state index in [9.17, 15) is 19.8 Å². The van der Waals surface area contributed by atoms with Crippen molar-refractivity contribution in [2.45, 2.75) is 18.8 Å².